The number of ether oxygens (including phenoxy) is 1. The summed E-state index contributed by atoms with van der Waals surface area (Å²) in [7, 11) is 1.70. The Morgan fingerprint density at radius 3 is 2.60 bits per heavy atom. The highest BCUT2D eigenvalue weighted by atomic mass is 16.5. The Hall–Kier alpha value is -1.20. The van der Waals surface area contributed by atoms with Gasteiger partial charge in [-0.1, -0.05) is 13.8 Å². The normalized spacial score (nSPS) is 16.9. The Bertz CT molecular complexity index is 428. The molecule has 0 radical (unpaired) electrons. The van der Waals surface area contributed by atoms with Crippen LogP contribution in [0, 0.1) is 5.92 Å². The number of hydrogen-bond acceptors (Lipinski definition) is 5. The van der Waals surface area contributed by atoms with Crippen LogP contribution in [0.3, 0.4) is 0 Å². The first-order chi connectivity index (χ1) is 9.63. The highest BCUT2D eigenvalue weighted by Crippen LogP contribution is 2.23. The minimum absolute atomic E-state index is 0.326. The van der Waals surface area contributed by atoms with Crippen molar-refractivity contribution in [1.82, 2.24) is 9.97 Å². The molecule has 2 heterocycles. The van der Waals surface area contributed by atoms with Crippen LogP contribution in [0.25, 0.3) is 0 Å². The van der Waals surface area contributed by atoms with E-state index in [-0.39, 0.29) is 0 Å². The fourth-order valence-electron chi connectivity index (χ4n) is 2.54. The maximum atomic E-state index is 5.75. The van der Waals surface area contributed by atoms with E-state index in [1.54, 1.807) is 7.11 Å². The van der Waals surface area contributed by atoms with Crippen LogP contribution in [-0.2, 0) is 11.3 Å². The van der Waals surface area contributed by atoms with Crippen molar-refractivity contribution in [1.29, 1.82) is 0 Å². The molecular formula is C15H26N4O. The minimum Gasteiger partial charge on any atom is -0.378 e. The van der Waals surface area contributed by atoms with Crippen molar-refractivity contribution in [2.75, 3.05) is 31.6 Å². The summed E-state index contributed by atoms with van der Waals surface area (Å²) in [5.41, 5.74) is 6.71. The Morgan fingerprint density at radius 1 is 1.35 bits per heavy atom. The Labute approximate surface area is 121 Å². The van der Waals surface area contributed by atoms with Gasteiger partial charge in [-0.15, -0.1) is 0 Å². The summed E-state index contributed by atoms with van der Waals surface area (Å²) in [5.74, 6) is 2.92. The van der Waals surface area contributed by atoms with Crippen molar-refractivity contribution in [2.24, 2.45) is 11.7 Å². The molecule has 1 aromatic heterocycles. The molecule has 0 spiro atoms. The fraction of sp³-hybridized carbons (Fsp3) is 0.733. The number of methoxy groups -OCH3 is 1. The van der Waals surface area contributed by atoms with Gasteiger partial charge in [-0.3, -0.25) is 0 Å². The first-order valence-corrected chi connectivity index (χ1v) is 7.45. The minimum atomic E-state index is 0.326. The molecule has 5 nitrogen and oxygen atoms in total. The summed E-state index contributed by atoms with van der Waals surface area (Å²) in [6.45, 7) is 7.64. The molecule has 1 fully saturated rings. The summed E-state index contributed by atoms with van der Waals surface area (Å²) < 4.78 is 5.21. The second-order valence-electron chi connectivity index (χ2n) is 5.83. The SMILES string of the molecule is COCc1cc(N2CCC(CN)CC2)nc(C(C)C)n1. The summed E-state index contributed by atoms with van der Waals surface area (Å²) >= 11 is 0. The van der Waals surface area contributed by atoms with Gasteiger partial charge in [-0.05, 0) is 25.3 Å². The van der Waals surface area contributed by atoms with Crippen LogP contribution < -0.4 is 10.6 Å². The van der Waals surface area contributed by atoms with E-state index in [9.17, 15) is 0 Å². The monoisotopic (exact) mass is 278 g/mol. The third kappa shape index (κ3) is 3.67. The molecule has 0 amide bonds. The maximum absolute atomic E-state index is 5.75. The van der Waals surface area contributed by atoms with Crippen molar-refractivity contribution in [3.8, 4) is 0 Å². The Kier molecular flexibility index (Phi) is 5.31. The van der Waals surface area contributed by atoms with Crippen molar-refractivity contribution in [2.45, 2.75) is 39.2 Å². The standard InChI is InChI=1S/C15H26N4O/c1-11(2)15-17-13(10-20-3)8-14(18-15)19-6-4-12(9-16)5-7-19/h8,11-12H,4-7,9-10,16H2,1-3H3. The molecule has 0 atom stereocenters. The van der Waals surface area contributed by atoms with Gasteiger partial charge in [0.1, 0.15) is 11.6 Å². The van der Waals surface area contributed by atoms with Gasteiger partial charge in [0.25, 0.3) is 0 Å². The summed E-state index contributed by atoms with van der Waals surface area (Å²) in [4.78, 5) is 11.6. The van der Waals surface area contributed by atoms with E-state index in [0.29, 0.717) is 18.4 Å². The van der Waals surface area contributed by atoms with E-state index in [0.717, 1.165) is 49.8 Å². The number of aromatic nitrogens is 2. The molecular weight excluding hydrogens is 252 g/mol. The summed E-state index contributed by atoms with van der Waals surface area (Å²) in [6.07, 6.45) is 2.30. The molecule has 2 N–H and O–H groups in total. The van der Waals surface area contributed by atoms with Crippen LogP contribution in [-0.4, -0.2) is 36.7 Å². The highest BCUT2D eigenvalue weighted by molar-refractivity contribution is 5.40. The van der Waals surface area contributed by atoms with Gasteiger partial charge in [0, 0.05) is 32.2 Å². The van der Waals surface area contributed by atoms with Crippen LogP contribution in [0.15, 0.2) is 6.07 Å². The van der Waals surface area contributed by atoms with Gasteiger partial charge in [0.2, 0.25) is 0 Å². The maximum Gasteiger partial charge on any atom is 0.133 e. The Morgan fingerprint density at radius 2 is 2.05 bits per heavy atom. The molecule has 5 heteroatoms. The highest BCUT2D eigenvalue weighted by Gasteiger charge is 2.20. The van der Waals surface area contributed by atoms with Gasteiger partial charge in [0.15, 0.2) is 0 Å². The quantitative estimate of drug-likeness (QED) is 0.891. The molecule has 2 rings (SSSR count). The van der Waals surface area contributed by atoms with Gasteiger partial charge in [0.05, 0.1) is 12.3 Å². The summed E-state index contributed by atoms with van der Waals surface area (Å²) in [5, 5.41) is 0. The van der Waals surface area contributed by atoms with Crippen molar-refractivity contribution >= 4 is 5.82 Å². The molecule has 0 aromatic carbocycles. The van der Waals surface area contributed by atoms with E-state index in [1.807, 2.05) is 0 Å². The van der Waals surface area contributed by atoms with Gasteiger partial charge in [-0.25, -0.2) is 9.97 Å². The second-order valence-corrected chi connectivity index (χ2v) is 5.83. The molecule has 0 saturated carbocycles. The van der Waals surface area contributed by atoms with E-state index in [2.05, 4.69) is 29.8 Å². The first-order valence-electron chi connectivity index (χ1n) is 7.45. The van der Waals surface area contributed by atoms with Gasteiger partial charge in [-0.2, -0.15) is 0 Å². The molecule has 112 valence electrons. The van der Waals surface area contributed by atoms with E-state index in [4.69, 9.17) is 15.5 Å². The van der Waals surface area contributed by atoms with Gasteiger partial charge >= 0.3 is 0 Å². The predicted molar refractivity (Wildman–Crippen MR) is 80.8 cm³/mol. The summed E-state index contributed by atoms with van der Waals surface area (Å²) in [6, 6.07) is 2.05. The molecule has 1 aromatic rings. The zero-order valence-corrected chi connectivity index (χ0v) is 12.8. The van der Waals surface area contributed by atoms with Gasteiger partial charge < -0.3 is 15.4 Å². The van der Waals surface area contributed by atoms with Crippen LogP contribution >= 0.6 is 0 Å². The molecule has 0 bridgehead atoms. The van der Waals surface area contributed by atoms with E-state index >= 15 is 0 Å². The van der Waals surface area contributed by atoms with Crippen LogP contribution in [0.4, 0.5) is 5.82 Å². The molecule has 0 aliphatic carbocycles. The lowest BCUT2D eigenvalue weighted by molar-refractivity contribution is 0.181. The number of hydrogen-bond donors (Lipinski definition) is 1. The first kappa shape index (κ1) is 15.2. The fourth-order valence-corrected chi connectivity index (χ4v) is 2.54. The Balaban J connectivity index is 2.17. The third-order valence-electron chi connectivity index (χ3n) is 3.86. The van der Waals surface area contributed by atoms with Crippen molar-refractivity contribution in [3.05, 3.63) is 17.6 Å². The average Bonchev–Trinajstić information content (AvgIpc) is 2.47. The number of rotatable bonds is 5. The second kappa shape index (κ2) is 6.99. The van der Waals surface area contributed by atoms with Crippen molar-refractivity contribution < 1.29 is 4.74 Å². The lowest BCUT2D eigenvalue weighted by Gasteiger charge is -2.32. The van der Waals surface area contributed by atoms with Crippen LogP contribution in [0.2, 0.25) is 0 Å². The van der Waals surface area contributed by atoms with E-state index in [1.165, 1.54) is 0 Å². The van der Waals surface area contributed by atoms with Crippen molar-refractivity contribution in [3.63, 3.8) is 0 Å². The van der Waals surface area contributed by atoms with Crippen LogP contribution in [0.1, 0.15) is 44.1 Å². The van der Waals surface area contributed by atoms with E-state index < -0.39 is 0 Å². The van der Waals surface area contributed by atoms with Crippen LogP contribution in [0.5, 0.6) is 0 Å². The predicted octanol–water partition coefficient (Wildman–Crippen LogP) is 1.92. The lowest BCUT2D eigenvalue weighted by Crippen LogP contribution is -2.36. The zero-order chi connectivity index (χ0) is 14.5. The topological polar surface area (TPSA) is 64.3 Å². The molecule has 20 heavy (non-hydrogen) atoms. The number of nitrogens with two attached hydrogens (primary N) is 1. The molecule has 1 aliphatic heterocycles. The number of piperidine rings is 1. The number of nitrogens with zero attached hydrogens (tertiary/aromatic N) is 3. The molecule has 1 aliphatic rings. The zero-order valence-electron chi connectivity index (χ0n) is 12.8. The smallest absolute Gasteiger partial charge is 0.133 e. The molecule has 1 saturated heterocycles. The average molecular weight is 278 g/mol. The largest absolute Gasteiger partial charge is 0.378 e. The molecule has 0 unspecified atom stereocenters. The third-order valence-corrected chi connectivity index (χ3v) is 3.86. The lowest BCUT2D eigenvalue weighted by atomic mass is 9.97. The number of anilines is 1.